The topological polar surface area (TPSA) is 49.4 Å². The number of nitrogens with zero attached hydrogens (tertiary/aromatic N) is 1. The molecule has 82 valence electrons. The van der Waals surface area contributed by atoms with Crippen molar-refractivity contribution in [2.75, 3.05) is 32.9 Å². The molecule has 0 aromatic carbocycles. The van der Waals surface area contributed by atoms with E-state index in [4.69, 9.17) is 0 Å². The number of sulfonamides is 1. The van der Waals surface area contributed by atoms with E-state index in [2.05, 4.69) is 5.32 Å². The minimum Gasteiger partial charge on any atom is -0.316 e. The Morgan fingerprint density at radius 2 is 2.07 bits per heavy atom. The van der Waals surface area contributed by atoms with Crippen LogP contribution in [0.25, 0.3) is 0 Å². The maximum atomic E-state index is 11.7. The van der Waals surface area contributed by atoms with Crippen LogP contribution in [0.15, 0.2) is 0 Å². The van der Waals surface area contributed by atoms with E-state index < -0.39 is 10.0 Å². The summed E-state index contributed by atoms with van der Waals surface area (Å²) >= 11 is 0. The molecule has 1 heterocycles. The molecule has 14 heavy (non-hydrogen) atoms. The molecule has 2 fully saturated rings. The maximum absolute atomic E-state index is 11.7. The van der Waals surface area contributed by atoms with Crippen LogP contribution in [-0.2, 0) is 10.0 Å². The average Bonchev–Trinajstić information content (AvgIpc) is 2.73. The molecule has 1 aliphatic carbocycles. The lowest BCUT2D eigenvalue weighted by Gasteiger charge is -2.19. The summed E-state index contributed by atoms with van der Waals surface area (Å²) in [4.78, 5) is 0. The molecule has 0 aromatic heterocycles. The van der Waals surface area contributed by atoms with Crippen LogP contribution in [0.4, 0.5) is 0 Å². The summed E-state index contributed by atoms with van der Waals surface area (Å²) in [6.45, 7) is 1.88. The third kappa shape index (κ3) is 1.68. The molecule has 2 rings (SSSR count). The molecule has 0 aromatic rings. The zero-order valence-corrected chi connectivity index (χ0v) is 9.60. The van der Waals surface area contributed by atoms with Crippen LogP contribution >= 0.6 is 0 Å². The fourth-order valence-corrected chi connectivity index (χ4v) is 3.52. The van der Waals surface area contributed by atoms with Crippen LogP contribution < -0.4 is 5.32 Å². The Balaban J connectivity index is 2.04. The van der Waals surface area contributed by atoms with Crippen molar-refractivity contribution in [1.82, 2.24) is 9.62 Å². The lowest BCUT2D eigenvalue weighted by molar-refractivity contribution is 0.419. The van der Waals surface area contributed by atoms with Crippen molar-refractivity contribution in [3.63, 3.8) is 0 Å². The monoisotopic (exact) mass is 218 g/mol. The first-order valence-electron chi connectivity index (χ1n) is 5.07. The van der Waals surface area contributed by atoms with Gasteiger partial charge in [0.1, 0.15) is 0 Å². The molecule has 5 heteroatoms. The normalized spacial score (nSPS) is 30.1. The van der Waals surface area contributed by atoms with Gasteiger partial charge in [0.05, 0.1) is 5.75 Å². The van der Waals surface area contributed by atoms with E-state index in [1.165, 1.54) is 17.1 Å². The summed E-state index contributed by atoms with van der Waals surface area (Å²) in [6, 6.07) is 0. The molecule has 0 radical (unpaired) electrons. The lowest BCUT2D eigenvalue weighted by atomic mass is 9.95. The second-order valence-corrected chi connectivity index (χ2v) is 6.98. The highest BCUT2D eigenvalue weighted by atomic mass is 32.2. The SMILES string of the molecule is CN(C)S(=O)(=O)CC1CNCC12CC2. The largest absolute Gasteiger partial charge is 0.316 e. The first-order valence-corrected chi connectivity index (χ1v) is 6.68. The van der Waals surface area contributed by atoms with Crippen molar-refractivity contribution >= 4 is 10.0 Å². The Bertz CT molecular complexity index is 320. The van der Waals surface area contributed by atoms with Crippen LogP contribution in [0.1, 0.15) is 12.8 Å². The number of nitrogens with one attached hydrogen (secondary N) is 1. The Morgan fingerprint density at radius 1 is 1.43 bits per heavy atom. The summed E-state index contributed by atoms with van der Waals surface area (Å²) in [5.74, 6) is 0.641. The van der Waals surface area contributed by atoms with Gasteiger partial charge >= 0.3 is 0 Å². The van der Waals surface area contributed by atoms with E-state index in [0.717, 1.165) is 13.1 Å². The zero-order valence-electron chi connectivity index (χ0n) is 8.78. The van der Waals surface area contributed by atoms with E-state index in [0.29, 0.717) is 17.1 Å². The van der Waals surface area contributed by atoms with Gasteiger partial charge in [0.25, 0.3) is 0 Å². The average molecular weight is 218 g/mol. The molecule has 1 saturated carbocycles. The predicted octanol–water partition coefficient (Wildman–Crippen LogP) is -0.123. The van der Waals surface area contributed by atoms with Gasteiger partial charge in [-0.1, -0.05) is 0 Å². The Kier molecular flexibility index (Phi) is 2.36. The van der Waals surface area contributed by atoms with Gasteiger partial charge in [-0.2, -0.15) is 0 Å². The first-order chi connectivity index (χ1) is 6.46. The number of rotatable bonds is 3. The molecule has 0 amide bonds. The van der Waals surface area contributed by atoms with Crippen LogP contribution in [0, 0.1) is 11.3 Å². The Labute approximate surface area is 85.7 Å². The van der Waals surface area contributed by atoms with E-state index in [1.807, 2.05) is 0 Å². The van der Waals surface area contributed by atoms with Gasteiger partial charge in [0.15, 0.2) is 0 Å². The van der Waals surface area contributed by atoms with E-state index in [-0.39, 0.29) is 0 Å². The summed E-state index contributed by atoms with van der Waals surface area (Å²) in [6.07, 6.45) is 2.40. The van der Waals surface area contributed by atoms with Gasteiger partial charge in [0.2, 0.25) is 10.0 Å². The lowest BCUT2D eigenvalue weighted by Crippen LogP contribution is -2.32. The zero-order chi connectivity index (χ0) is 10.4. The number of hydrogen-bond acceptors (Lipinski definition) is 3. The van der Waals surface area contributed by atoms with Gasteiger partial charge in [0, 0.05) is 20.6 Å². The Hall–Kier alpha value is -0.130. The highest BCUT2D eigenvalue weighted by Gasteiger charge is 2.53. The second-order valence-electron chi connectivity index (χ2n) is 4.75. The highest BCUT2D eigenvalue weighted by molar-refractivity contribution is 7.89. The fraction of sp³-hybridized carbons (Fsp3) is 1.00. The van der Waals surface area contributed by atoms with Crippen molar-refractivity contribution in [2.24, 2.45) is 11.3 Å². The van der Waals surface area contributed by atoms with Gasteiger partial charge in [-0.15, -0.1) is 0 Å². The molecule has 1 spiro atoms. The summed E-state index contributed by atoms with van der Waals surface area (Å²) in [5, 5.41) is 3.30. The van der Waals surface area contributed by atoms with Crippen molar-refractivity contribution in [3.05, 3.63) is 0 Å². The van der Waals surface area contributed by atoms with Gasteiger partial charge in [-0.05, 0) is 30.7 Å². The molecule has 1 atom stereocenters. The first kappa shape index (κ1) is 10.4. The van der Waals surface area contributed by atoms with Crippen LogP contribution in [0.3, 0.4) is 0 Å². The van der Waals surface area contributed by atoms with E-state index in [9.17, 15) is 8.42 Å². The molecule has 2 aliphatic rings. The quantitative estimate of drug-likeness (QED) is 0.718. The van der Waals surface area contributed by atoms with Crippen LogP contribution in [0.5, 0.6) is 0 Å². The molecule has 0 bridgehead atoms. The summed E-state index contributed by atoms with van der Waals surface area (Å²) in [5.41, 5.74) is 0.336. The third-order valence-corrected chi connectivity index (χ3v) is 5.53. The fourth-order valence-electron chi connectivity index (χ4n) is 2.24. The highest BCUT2D eigenvalue weighted by Crippen LogP contribution is 2.54. The molecular weight excluding hydrogens is 200 g/mol. The van der Waals surface area contributed by atoms with Crippen molar-refractivity contribution in [1.29, 1.82) is 0 Å². The van der Waals surface area contributed by atoms with Gasteiger partial charge < -0.3 is 5.32 Å². The van der Waals surface area contributed by atoms with E-state index >= 15 is 0 Å². The Morgan fingerprint density at radius 3 is 2.57 bits per heavy atom. The maximum Gasteiger partial charge on any atom is 0.213 e. The summed E-state index contributed by atoms with van der Waals surface area (Å²) in [7, 11) is 0.198. The van der Waals surface area contributed by atoms with Gasteiger partial charge in [-0.3, -0.25) is 0 Å². The number of hydrogen-bond donors (Lipinski definition) is 1. The van der Waals surface area contributed by atoms with Crippen molar-refractivity contribution in [2.45, 2.75) is 12.8 Å². The predicted molar refractivity (Wildman–Crippen MR) is 55.5 cm³/mol. The standard InChI is InChI=1S/C9H18N2O2S/c1-11(2)14(12,13)6-8-5-10-7-9(8)3-4-9/h8,10H,3-7H2,1-2H3. The molecule has 1 aliphatic heterocycles. The van der Waals surface area contributed by atoms with Crippen LogP contribution in [-0.4, -0.2) is 45.7 Å². The van der Waals surface area contributed by atoms with Crippen molar-refractivity contribution < 1.29 is 8.42 Å². The minimum absolute atomic E-state index is 0.312. The van der Waals surface area contributed by atoms with E-state index in [1.54, 1.807) is 14.1 Å². The summed E-state index contributed by atoms with van der Waals surface area (Å²) < 4.78 is 24.7. The molecular formula is C9H18N2O2S. The third-order valence-electron chi connectivity index (χ3n) is 3.59. The molecule has 1 N–H and O–H groups in total. The molecule has 1 unspecified atom stereocenters. The van der Waals surface area contributed by atoms with Crippen molar-refractivity contribution in [3.8, 4) is 0 Å². The minimum atomic E-state index is -3.02. The second kappa shape index (κ2) is 3.18. The smallest absolute Gasteiger partial charge is 0.213 e. The molecule has 4 nitrogen and oxygen atoms in total. The van der Waals surface area contributed by atoms with Gasteiger partial charge in [-0.25, -0.2) is 12.7 Å². The molecule has 1 saturated heterocycles. The van der Waals surface area contributed by atoms with Crippen LogP contribution in [0.2, 0.25) is 0 Å².